The van der Waals surface area contributed by atoms with Gasteiger partial charge in [-0.3, -0.25) is 9.69 Å². The van der Waals surface area contributed by atoms with Gasteiger partial charge in [0.05, 0.1) is 20.3 Å². The first kappa shape index (κ1) is 19.8. The van der Waals surface area contributed by atoms with Gasteiger partial charge < -0.3 is 14.8 Å². The molecule has 1 amide bonds. The zero-order chi connectivity index (χ0) is 18.8. The van der Waals surface area contributed by atoms with E-state index in [2.05, 4.69) is 5.32 Å². The van der Waals surface area contributed by atoms with Crippen LogP contribution in [0.2, 0.25) is 0 Å². The fourth-order valence-electron chi connectivity index (χ4n) is 2.77. The molecule has 0 bridgehead atoms. The molecular formula is C21H28N2O3. The van der Waals surface area contributed by atoms with Crippen LogP contribution in [0, 0.1) is 0 Å². The van der Waals surface area contributed by atoms with Crippen LogP contribution in [0.3, 0.4) is 0 Å². The maximum atomic E-state index is 12.1. The number of rotatable bonds is 10. The molecule has 0 aromatic heterocycles. The Kier molecular flexibility index (Phi) is 7.96. The lowest BCUT2D eigenvalue weighted by Gasteiger charge is -2.17. The second kappa shape index (κ2) is 10.5. The zero-order valence-corrected chi connectivity index (χ0v) is 15.8. The Morgan fingerprint density at radius 1 is 1.12 bits per heavy atom. The molecule has 0 aliphatic carbocycles. The minimum Gasteiger partial charge on any atom is -0.496 e. The molecule has 0 saturated carbocycles. The van der Waals surface area contributed by atoms with Crippen LogP contribution in [0.4, 0.5) is 0 Å². The second-order valence-electron chi connectivity index (χ2n) is 6.16. The molecule has 0 unspecified atom stereocenters. The number of para-hydroxylation sites is 1. The van der Waals surface area contributed by atoms with E-state index >= 15 is 0 Å². The van der Waals surface area contributed by atoms with Crippen molar-refractivity contribution in [3.05, 3.63) is 59.7 Å². The molecule has 0 fully saturated rings. The minimum absolute atomic E-state index is 0.0216. The van der Waals surface area contributed by atoms with Gasteiger partial charge in [0.2, 0.25) is 5.91 Å². The van der Waals surface area contributed by atoms with E-state index in [9.17, 15) is 4.79 Å². The summed E-state index contributed by atoms with van der Waals surface area (Å²) in [5, 5.41) is 2.97. The molecule has 2 aromatic rings. The van der Waals surface area contributed by atoms with Crippen molar-refractivity contribution < 1.29 is 14.3 Å². The number of likely N-dealkylation sites (N-methyl/N-ethyl adjacent to an activating group) is 1. The molecule has 0 atom stereocenters. The molecule has 0 saturated heterocycles. The van der Waals surface area contributed by atoms with E-state index in [1.54, 1.807) is 7.11 Å². The van der Waals surface area contributed by atoms with Crippen molar-refractivity contribution in [3.63, 3.8) is 0 Å². The lowest BCUT2D eigenvalue weighted by atomic mass is 10.1. The lowest BCUT2D eigenvalue weighted by molar-refractivity contribution is -0.122. The molecule has 5 nitrogen and oxygen atoms in total. The van der Waals surface area contributed by atoms with Crippen LogP contribution in [-0.2, 0) is 17.8 Å². The van der Waals surface area contributed by atoms with E-state index in [1.165, 1.54) is 0 Å². The number of hydrogen-bond donors (Lipinski definition) is 1. The molecule has 0 aliphatic rings. The summed E-state index contributed by atoms with van der Waals surface area (Å²) < 4.78 is 10.8. The summed E-state index contributed by atoms with van der Waals surface area (Å²) in [6, 6.07) is 15.8. The van der Waals surface area contributed by atoms with E-state index in [4.69, 9.17) is 9.47 Å². The third-order valence-corrected chi connectivity index (χ3v) is 4.01. The smallest absolute Gasteiger partial charge is 0.234 e. The maximum absolute atomic E-state index is 12.1. The van der Waals surface area contributed by atoms with Crippen LogP contribution >= 0.6 is 0 Å². The highest BCUT2D eigenvalue weighted by Gasteiger charge is 2.08. The van der Waals surface area contributed by atoms with Gasteiger partial charge >= 0.3 is 0 Å². The quantitative estimate of drug-likeness (QED) is 0.711. The predicted molar refractivity (Wildman–Crippen MR) is 104 cm³/mol. The topological polar surface area (TPSA) is 50.8 Å². The average molecular weight is 356 g/mol. The zero-order valence-electron chi connectivity index (χ0n) is 15.8. The first-order valence-corrected chi connectivity index (χ1v) is 8.91. The monoisotopic (exact) mass is 356 g/mol. The summed E-state index contributed by atoms with van der Waals surface area (Å²) >= 11 is 0. The lowest BCUT2D eigenvalue weighted by Crippen LogP contribution is -2.35. The van der Waals surface area contributed by atoms with Gasteiger partial charge in [-0.1, -0.05) is 30.3 Å². The van der Waals surface area contributed by atoms with E-state index in [0.717, 1.165) is 29.0 Å². The molecule has 26 heavy (non-hydrogen) atoms. The Hall–Kier alpha value is -2.53. The average Bonchev–Trinajstić information content (AvgIpc) is 2.64. The van der Waals surface area contributed by atoms with Crippen molar-refractivity contribution in [2.45, 2.75) is 19.9 Å². The van der Waals surface area contributed by atoms with Crippen molar-refractivity contribution in [3.8, 4) is 11.5 Å². The van der Waals surface area contributed by atoms with Gasteiger partial charge in [0.25, 0.3) is 0 Å². The van der Waals surface area contributed by atoms with Crippen molar-refractivity contribution in [2.24, 2.45) is 0 Å². The normalized spacial score (nSPS) is 10.6. The van der Waals surface area contributed by atoms with Crippen molar-refractivity contribution in [2.75, 3.05) is 33.9 Å². The summed E-state index contributed by atoms with van der Waals surface area (Å²) in [4.78, 5) is 14.1. The maximum Gasteiger partial charge on any atom is 0.234 e. The van der Waals surface area contributed by atoms with Gasteiger partial charge in [-0.15, -0.1) is 0 Å². The van der Waals surface area contributed by atoms with Gasteiger partial charge in [-0.25, -0.2) is 0 Å². The summed E-state index contributed by atoms with van der Waals surface area (Å²) in [6.45, 7) is 4.30. The number of methoxy groups -OCH3 is 1. The molecule has 2 rings (SSSR count). The predicted octanol–water partition coefficient (Wildman–Crippen LogP) is 2.88. The molecule has 0 heterocycles. The van der Waals surface area contributed by atoms with E-state index in [0.29, 0.717) is 26.2 Å². The molecule has 0 aliphatic heterocycles. The van der Waals surface area contributed by atoms with Crippen molar-refractivity contribution >= 4 is 5.91 Å². The van der Waals surface area contributed by atoms with E-state index in [-0.39, 0.29) is 5.91 Å². The van der Waals surface area contributed by atoms with Gasteiger partial charge in [0.15, 0.2) is 0 Å². The summed E-state index contributed by atoms with van der Waals surface area (Å²) in [7, 11) is 3.60. The summed E-state index contributed by atoms with van der Waals surface area (Å²) in [5.41, 5.74) is 2.25. The van der Waals surface area contributed by atoms with Crippen LogP contribution in [0.5, 0.6) is 11.5 Å². The third-order valence-electron chi connectivity index (χ3n) is 4.01. The molecule has 140 valence electrons. The molecule has 0 spiro atoms. The Morgan fingerprint density at radius 3 is 2.54 bits per heavy atom. The van der Waals surface area contributed by atoms with Gasteiger partial charge in [0.1, 0.15) is 11.5 Å². The fourth-order valence-corrected chi connectivity index (χ4v) is 2.77. The van der Waals surface area contributed by atoms with Crippen LogP contribution in [0.1, 0.15) is 18.1 Å². The second-order valence-corrected chi connectivity index (χ2v) is 6.16. The van der Waals surface area contributed by atoms with Gasteiger partial charge in [0, 0.05) is 13.1 Å². The standard InChI is InChI=1S/C21H28N2O3/c1-4-26-19-11-9-17(10-12-19)15-23(2)16-21(24)22-14-13-18-7-5-6-8-20(18)25-3/h5-12H,4,13-16H2,1-3H3,(H,22,24). The van der Waals surface area contributed by atoms with Crippen molar-refractivity contribution in [1.82, 2.24) is 10.2 Å². The number of hydrogen-bond acceptors (Lipinski definition) is 4. The highest BCUT2D eigenvalue weighted by molar-refractivity contribution is 5.78. The van der Waals surface area contributed by atoms with Crippen LogP contribution in [0.15, 0.2) is 48.5 Å². The Labute approximate surface area is 155 Å². The molecule has 5 heteroatoms. The Balaban J connectivity index is 1.73. The Bertz CT molecular complexity index is 686. The number of amides is 1. The minimum atomic E-state index is 0.0216. The number of nitrogens with zero attached hydrogens (tertiary/aromatic N) is 1. The number of nitrogens with one attached hydrogen (secondary N) is 1. The first-order chi connectivity index (χ1) is 12.6. The largest absolute Gasteiger partial charge is 0.496 e. The van der Waals surface area contributed by atoms with E-state index in [1.807, 2.05) is 67.4 Å². The SMILES string of the molecule is CCOc1ccc(CN(C)CC(=O)NCCc2ccccc2OC)cc1. The van der Waals surface area contributed by atoms with Gasteiger partial charge in [-0.2, -0.15) is 0 Å². The number of ether oxygens (including phenoxy) is 2. The summed E-state index contributed by atoms with van der Waals surface area (Å²) in [6.07, 6.45) is 0.748. The van der Waals surface area contributed by atoms with Crippen molar-refractivity contribution in [1.29, 1.82) is 0 Å². The van der Waals surface area contributed by atoms with Crippen LogP contribution in [-0.4, -0.2) is 44.7 Å². The number of benzene rings is 2. The molecule has 0 radical (unpaired) electrons. The van der Waals surface area contributed by atoms with Crippen LogP contribution < -0.4 is 14.8 Å². The van der Waals surface area contributed by atoms with E-state index < -0.39 is 0 Å². The molecule has 1 N–H and O–H groups in total. The van der Waals surface area contributed by atoms with Crippen LogP contribution in [0.25, 0.3) is 0 Å². The molecular weight excluding hydrogens is 328 g/mol. The highest BCUT2D eigenvalue weighted by atomic mass is 16.5. The molecule has 2 aromatic carbocycles. The summed E-state index contributed by atoms with van der Waals surface area (Å²) in [5.74, 6) is 1.75. The number of carbonyl (C=O) groups excluding carboxylic acids is 1. The third kappa shape index (κ3) is 6.41. The first-order valence-electron chi connectivity index (χ1n) is 8.91. The fraction of sp³-hybridized carbons (Fsp3) is 0.381. The number of carbonyl (C=O) groups is 1. The highest BCUT2D eigenvalue weighted by Crippen LogP contribution is 2.17. The van der Waals surface area contributed by atoms with Gasteiger partial charge in [-0.05, 0) is 49.7 Å². The Morgan fingerprint density at radius 2 is 1.85 bits per heavy atom.